The van der Waals surface area contributed by atoms with Gasteiger partial charge in [-0.3, -0.25) is 14.3 Å². The minimum atomic E-state index is -0.242. The molecule has 2 heterocycles. The molecule has 0 atom stereocenters. The first kappa shape index (κ1) is 24.6. The number of hydrogen-bond donors (Lipinski definition) is 1. The number of hydrazone groups is 1. The van der Waals surface area contributed by atoms with Crippen molar-refractivity contribution in [1.82, 2.24) is 25.2 Å². The van der Waals surface area contributed by atoms with E-state index in [1.54, 1.807) is 12.4 Å². The Morgan fingerprint density at radius 1 is 1.14 bits per heavy atom. The molecule has 10 heteroatoms. The van der Waals surface area contributed by atoms with E-state index in [0.29, 0.717) is 23.3 Å². The fourth-order valence-corrected chi connectivity index (χ4v) is 4.37. The summed E-state index contributed by atoms with van der Waals surface area (Å²) in [6.07, 6.45) is 3.44. The maximum absolute atomic E-state index is 12.5. The zero-order valence-corrected chi connectivity index (χ0v) is 21.6. The Morgan fingerprint density at radius 2 is 1.97 bits per heavy atom. The molecule has 1 N–H and O–H groups in total. The van der Waals surface area contributed by atoms with E-state index in [0.717, 1.165) is 27.0 Å². The first-order chi connectivity index (χ1) is 17.0. The van der Waals surface area contributed by atoms with Crippen LogP contribution >= 0.6 is 27.7 Å². The van der Waals surface area contributed by atoms with E-state index in [4.69, 9.17) is 4.74 Å². The number of amides is 1. The SMILES string of the molecule is CCOc1ccc(-n2c(SCC(=O)NN=C(C)c3cccc(Br)c3)nnc2-c2cccnc2)cc1. The Morgan fingerprint density at radius 3 is 2.69 bits per heavy atom. The van der Waals surface area contributed by atoms with Crippen molar-refractivity contribution < 1.29 is 9.53 Å². The van der Waals surface area contributed by atoms with Crippen LogP contribution in [0.15, 0.2) is 87.8 Å². The van der Waals surface area contributed by atoms with Crippen LogP contribution < -0.4 is 10.2 Å². The van der Waals surface area contributed by atoms with E-state index in [2.05, 4.69) is 41.6 Å². The van der Waals surface area contributed by atoms with Gasteiger partial charge in [0, 0.05) is 28.1 Å². The predicted molar refractivity (Wildman–Crippen MR) is 141 cm³/mol. The first-order valence-corrected chi connectivity index (χ1v) is 12.6. The van der Waals surface area contributed by atoms with E-state index in [1.807, 2.05) is 79.1 Å². The van der Waals surface area contributed by atoms with E-state index in [9.17, 15) is 4.79 Å². The van der Waals surface area contributed by atoms with Crippen LogP contribution in [0.5, 0.6) is 5.75 Å². The molecule has 0 spiro atoms. The minimum absolute atomic E-state index is 0.122. The highest BCUT2D eigenvalue weighted by molar-refractivity contribution is 9.10. The molecule has 0 aliphatic carbocycles. The molecule has 0 aliphatic heterocycles. The molecule has 0 aliphatic rings. The van der Waals surface area contributed by atoms with Crippen molar-refractivity contribution in [1.29, 1.82) is 0 Å². The lowest BCUT2D eigenvalue weighted by atomic mass is 10.1. The normalized spacial score (nSPS) is 11.3. The summed E-state index contributed by atoms with van der Waals surface area (Å²) in [6, 6.07) is 19.2. The summed E-state index contributed by atoms with van der Waals surface area (Å²) in [4.78, 5) is 16.7. The number of halogens is 1. The molecule has 2 aromatic heterocycles. The number of ether oxygens (including phenoxy) is 1. The second-order valence-electron chi connectivity index (χ2n) is 7.34. The fourth-order valence-electron chi connectivity index (χ4n) is 3.22. The van der Waals surface area contributed by atoms with Crippen LogP contribution in [0, 0.1) is 0 Å². The van der Waals surface area contributed by atoms with Crippen molar-refractivity contribution in [2.75, 3.05) is 12.4 Å². The molecule has 0 saturated carbocycles. The predicted octanol–water partition coefficient (Wildman–Crippen LogP) is 5.12. The van der Waals surface area contributed by atoms with Crippen molar-refractivity contribution in [3.05, 3.63) is 83.1 Å². The van der Waals surface area contributed by atoms with Gasteiger partial charge in [-0.2, -0.15) is 5.10 Å². The van der Waals surface area contributed by atoms with Gasteiger partial charge in [0.1, 0.15) is 5.75 Å². The van der Waals surface area contributed by atoms with Gasteiger partial charge in [-0.25, -0.2) is 5.43 Å². The van der Waals surface area contributed by atoms with Crippen LogP contribution in [0.25, 0.3) is 17.1 Å². The van der Waals surface area contributed by atoms with Crippen molar-refractivity contribution in [3.8, 4) is 22.8 Å². The molecular weight excluding hydrogens is 528 g/mol. The monoisotopic (exact) mass is 550 g/mol. The zero-order valence-electron chi connectivity index (χ0n) is 19.2. The van der Waals surface area contributed by atoms with Gasteiger partial charge in [0.05, 0.1) is 18.1 Å². The van der Waals surface area contributed by atoms with Crippen LogP contribution in [0.1, 0.15) is 19.4 Å². The second-order valence-corrected chi connectivity index (χ2v) is 9.20. The number of carbonyl (C=O) groups excluding carboxylic acids is 1. The van der Waals surface area contributed by atoms with Gasteiger partial charge in [0.25, 0.3) is 5.91 Å². The molecule has 0 saturated heterocycles. The summed E-state index contributed by atoms with van der Waals surface area (Å²) in [5, 5.41) is 13.5. The second kappa shape index (κ2) is 11.8. The van der Waals surface area contributed by atoms with Crippen molar-refractivity contribution in [2.24, 2.45) is 5.10 Å². The van der Waals surface area contributed by atoms with Crippen LogP contribution in [-0.2, 0) is 4.79 Å². The van der Waals surface area contributed by atoms with E-state index in [-0.39, 0.29) is 11.7 Å². The van der Waals surface area contributed by atoms with E-state index >= 15 is 0 Å². The average Bonchev–Trinajstić information content (AvgIpc) is 3.31. The average molecular weight is 551 g/mol. The first-order valence-electron chi connectivity index (χ1n) is 10.9. The zero-order chi connectivity index (χ0) is 24.6. The lowest BCUT2D eigenvalue weighted by Gasteiger charge is -2.11. The van der Waals surface area contributed by atoms with E-state index in [1.165, 1.54) is 11.8 Å². The summed E-state index contributed by atoms with van der Waals surface area (Å²) < 4.78 is 8.42. The third-order valence-electron chi connectivity index (χ3n) is 4.88. The third kappa shape index (κ3) is 6.34. The van der Waals surface area contributed by atoms with Gasteiger partial charge in [-0.05, 0) is 67.9 Å². The Hall–Kier alpha value is -3.50. The highest BCUT2D eigenvalue weighted by Crippen LogP contribution is 2.28. The molecule has 8 nitrogen and oxygen atoms in total. The van der Waals surface area contributed by atoms with Crippen LogP contribution in [0.3, 0.4) is 0 Å². The summed E-state index contributed by atoms with van der Waals surface area (Å²) in [6.45, 7) is 4.38. The molecule has 0 fully saturated rings. The van der Waals surface area contributed by atoms with Crippen LogP contribution in [-0.4, -0.2) is 43.7 Å². The number of carbonyl (C=O) groups is 1. The lowest BCUT2D eigenvalue weighted by molar-refractivity contribution is -0.118. The number of pyridine rings is 1. The Bertz CT molecular complexity index is 1330. The molecule has 0 bridgehead atoms. The number of rotatable bonds is 9. The van der Waals surface area contributed by atoms with E-state index < -0.39 is 0 Å². The largest absolute Gasteiger partial charge is 0.494 e. The molecular formula is C25H23BrN6O2S. The van der Waals surface area contributed by atoms with Crippen molar-refractivity contribution in [2.45, 2.75) is 19.0 Å². The number of aromatic nitrogens is 4. The smallest absolute Gasteiger partial charge is 0.250 e. The summed E-state index contributed by atoms with van der Waals surface area (Å²) in [5.41, 5.74) is 5.92. The maximum Gasteiger partial charge on any atom is 0.250 e. The van der Waals surface area contributed by atoms with Gasteiger partial charge >= 0.3 is 0 Å². The number of thioether (sulfide) groups is 1. The Labute approximate surface area is 216 Å². The molecule has 35 heavy (non-hydrogen) atoms. The van der Waals surface area contributed by atoms with Gasteiger partial charge in [0.2, 0.25) is 0 Å². The summed E-state index contributed by atoms with van der Waals surface area (Å²) in [5.74, 6) is 1.29. The van der Waals surface area contributed by atoms with Gasteiger partial charge in [-0.15, -0.1) is 10.2 Å². The van der Waals surface area contributed by atoms with Crippen molar-refractivity contribution in [3.63, 3.8) is 0 Å². The molecule has 4 aromatic rings. The highest BCUT2D eigenvalue weighted by atomic mass is 79.9. The minimum Gasteiger partial charge on any atom is -0.494 e. The molecule has 4 rings (SSSR count). The van der Waals surface area contributed by atoms with Gasteiger partial charge in [-0.1, -0.05) is 39.8 Å². The van der Waals surface area contributed by atoms with Gasteiger partial charge in [0.15, 0.2) is 11.0 Å². The molecule has 1 amide bonds. The molecule has 0 unspecified atom stereocenters. The maximum atomic E-state index is 12.5. The van der Waals surface area contributed by atoms with Crippen LogP contribution in [0.2, 0.25) is 0 Å². The molecule has 0 radical (unpaired) electrons. The number of nitrogens with one attached hydrogen (secondary N) is 1. The summed E-state index contributed by atoms with van der Waals surface area (Å²) >= 11 is 4.72. The quantitative estimate of drug-likeness (QED) is 0.176. The number of nitrogens with zero attached hydrogens (tertiary/aromatic N) is 5. The van der Waals surface area contributed by atoms with Crippen LogP contribution in [0.4, 0.5) is 0 Å². The standard InChI is InChI=1S/C25H23BrN6O2S/c1-3-34-22-11-9-21(10-12-22)32-24(19-7-5-13-27-15-19)30-31-25(32)35-16-23(33)29-28-17(2)18-6-4-8-20(26)14-18/h4-15H,3,16H2,1-2H3,(H,29,33). The number of benzene rings is 2. The highest BCUT2D eigenvalue weighted by Gasteiger charge is 2.17. The van der Waals surface area contributed by atoms with Gasteiger partial charge < -0.3 is 4.74 Å². The number of hydrogen-bond acceptors (Lipinski definition) is 7. The Kier molecular flexibility index (Phi) is 8.27. The molecule has 2 aromatic carbocycles. The fraction of sp³-hybridized carbons (Fsp3) is 0.160. The topological polar surface area (TPSA) is 94.3 Å². The molecule has 178 valence electrons. The summed E-state index contributed by atoms with van der Waals surface area (Å²) in [7, 11) is 0. The lowest BCUT2D eigenvalue weighted by Crippen LogP contribution is -2.21. The Balaban J connectivity index is 1.52. The third-order valence-corrected chi connectivity index (χ3v) is 6.30. The van der Waals surface area contributed by atoms with Crippen molar-refractivity contribution >= 4 is 39.3 Å².